The predicted molar refractivity (Wildman–Crippen MR) is 288 cm³/mol. The fraction of sp³-hybridized carbons (Fsp3) is 0.530. The van der Waals surface area contributed by atoms with Gasteiger partial charge in [0.25, 0.3) is 0 Å². The van der Waals surface area contributed by atoms with Crippen molar-refractivity contribution in [1.29, 1.82) is 0 Å². The van der Waals surface area contributed by atoms with Crippen molar-refractivity contribution in [3.63, 3.8) is 0 Å². The first-order valence-corrected chi connectivity index (χ1v) is 26.5. The summed E-state index contributed by atoms with van der Waals surface area (Å²) >= 11 is 0. The summed E-state index contributed by atoms with van der Waals surface area (Å²) in [6, 6.07) is 22.3. The molecule has 0 spiro atoms. The van der Waals surface area contributed by atoms with Gasteiger partial charge in [-0.2, -0.15) is 13.2 Å². The Labute approximate surface area is 456 Å². The molecular weight excluding hydrogens is 987 g/mol. The van der Waals surface area contributed by atoms with Crippen LogP contribution in [0.5, 0.6) is 11.5 Å². The molecule has 13 rings (SSSR count). The van der Waals surface area contributed by atoms with Gasteiger partial charge in [-0.3, -0.25) is 0 Å². The number of pyridine rings is 1. The molecule has 8 fully saturated rings. The van der Waals surface area contributed by atoms with Gasteiger partial charge in [-0.15, -0.1) is 0 Å². The Morgan fingerprint density at radius 1 is 0.438 bits per heavy atom. The summed E-state index contributed by atoms with van der Waals surface area (Å²) < 4.78 is 46.7. The molecule has 0 aliphatic heterocycles. The zero-order valence-electron chi connectivity index (χ0n) is 46.5. The topological polar surface area (TPSA) is 59.0 Å². The van der Waals surface area contributed by atoms with E-state index < -0.39 is 11.7 Å². The molecule has 0 radical (unpaired) electrons. The summed E-state index contributed by atoms with van der Waals surface area (Å²) in [6.07, 6.45) is 8.22. The molecule has 8 aliphatic rings. The summed E-state index contributed by atoms with van der Waals surface area (Å²) in [5.41, 5.74) is 8.70. The van der Waals surface area contributed by atoms with E-state index in [-0.39, 0.29) is 119 Å². The fourth-order valence-corrected chi connectivity index (χ4v) is 19.6. The Morgan fingerprint density at radius 3 is 1.01 bits per heavy atom. The minimum atomic E-state index is -4.71. The van der Waals surface area contributed by atoms with Gasteiger partial charge in [-0.05, 0) is 215 Å². The van der Waals surface area contributed by atoms with E-state index in [4.69, 9.17) is 4.98 Å². The molecule has 73 heavy (non-hydrogen) atoms. The van der Waals surface area contributed by atoms with Gasteiger partial charge >= 0.3 is 32.4 Å². The molecule has 1 aromatic heterocycles. The first-order chi connectivity index (χ1) is 32.5. The number of nitrogens with zero attached hydrogens (tertiary/aromatic N) is 1. The van der Waals surface area contributed by atoms with E-state index in [1.165, 1.54) is 50.7 Å². The maximum atomic E-state index is 15.6. The van der Waals surface area contributed by atoms with Gasteiger partial charge in [0, 0.05) is 11.1 Å². The number of hydrogen-bond donors (Lipinski definition) is 0. The zero-order chi connectivity index (χ0) is 50.1. The quantitative estimate of drug-likeness (QED) is 0.146. The van der Waals surface area contributed by atoms with Gasteiger partial charge in [0.15, 0.2) is 0 Å². The van der Waals surface area contributed by atoms with Crippen LogP contribution in [0.1, 0.15) is 197 Å². The molecule has 0 amide bonds. The first-order valence-electron chi connectivity index (χ1n) is 26.5. The van der Waals surface area contributed by atoms with Crippen molar-refractivity contribution in [2.75, 3.05) is 0 Å². The average Bonchev–Trinajstić information content (AvgIpc) is 3.20. The monoisotopic (exact) mass is 1070 g/mol. The second-order valence-corrected chi connectivity index (χ2v) is 28.0. The first kappa shape index (κ1) is 55.5. The Kier molecular flexibility index (Phi) is 13.4. The maximum absolute atomic E-state index is 15.6. The summed E-state index contributed by atoms with van der Waals surface area (Å²) in [7, 11) is 0. The van der Waals surface area contributed by atoms with Crippen LogP contribution < -0.4 is 10.2 Å². The molecule has 8 aliphatic carbocycles. The maximum Gasteiger partial charge on any atom is 4.00 e. The summed E-state index contributed by atoms with van der Waals surface area (Å²) in [4.78, 5) is 5.27. The van der Waals surface area contributed by atoms with Crippen molar-refractivity contribution in [3.8, 4) is 56.3 Å². The predicted octanol–water partition coefficient (Wildman–Crippen LogP) is 18.0. The molecule has 4 aromatic carbocycles. The standard InChI is InChI=1S/C64H76F3NO2.2CH3.Zr/c1-37(2)41-13-15-44(48-17-39(5)19-50(54(48)69)62-31-56(7)25-57(8,32-62)27-58(9,26-56)33-62)46(21-41)52-23-43(64(65,66)67)24-53(68-52)47-22-42(38(3)4)14-16-45(47)49-18-40(6)20-51(55(49)70)63-34-59(10)28-60(11,35-63)30-61(12,29-59)36-63;;;/h13-24,37-38,69-70H,25-36H2,1-12H3;2*1H3;/q;2*-1;+4/p-2. The Bertz CT molecular complexity index is 2720. The average molecular weight is 1070 g/mol. The summed E-state index contributed by atoms with van der Waals surface area (Å²) in [6.45, 7) is 27.0. The van der Waals surface area contributed by atoms with Crippen molar-refractivity contribution >= 4 is 0 Å². The summed E-state index contributed by atoms with van der Waals surface area (Å²) in [5.74, 6) is 0.0915. The molecular formula is C66H80F3NO2Zr. The Morgan fingerprint density at radius 2 is 0.740 bits per heavy atom. The van der Waals surface area contributed by atoms with Crippen LogP contribution in [-0.4, -0.2) is 4.98 Å². The summed E-state index contributed by atoms with van der Waals surface area (Å²) in [5, 5.41) is 31.0. The molecule has 5 aromatic rings. The van der Waals surface area contributed by atoms with Crippen LogP contribution in [0, 0.1) is 61.2 Å². The van der Waals surface area contributed by atoms with Crippen molar-refractivity contribution in [3.05, 3.63) is 127 Å². The second kappa shape index (κ2) is 17.7. The Balaban J connectivity index is 0.00000237. The zero-order valence-corrected chi connectivity index (χ0v) is 48.9. The minimum absolute atomic E-state index is 0. The molecule has 0 atom stereocenters. The number of benzene rings is 4. The third-order valence-electron chi connectivity index (χ3n) is 19.0. The molecule has 386 valence electrons. The van der Waals surface area contributed by atoms with Crippen LogP contribution in [0.25, 0.3) is 44.8 Å². The number of alkyl halides is 3. The van der Waals surface area contributed by atoms with Gasteiger partial charge in [0.1, 0.15) is 0 Å². The fourth-order valence-electron chi connectivity index (χ4n) is 19.6. The van der Waals surface area contributed by atoms with Gasteiger partial charge < -0.3 is 25.1 Å². The smallest absolute Gasteiger partial charge is 0.872 e. The van der Waals surface area contributed by atoms with Crippen LogP contribution in [0.3, 0.4) is 0 Å². The molecule has 8 bridgehead atoms. The molecule has 3 nitrogen and oxygen atoms in total. The van der Waals surface area contributed by atoms with Crippen molar-refractivity contribution in [1.82, 2.24) is 4.98 Å². The third kappa shape index (κ3) is 9.24. The Hall–Kier alpha value is -3.70. The van der Waals surface area contributed by atoms with Crippen molar-refractivity contribution < 1.29 is 49.6 Å². The van der Waals surface area contributed by atoms with Crippen molar-refractivity contribution in [2.45, 2.75) is 189 Å². The van der Waals surface area contributed by atoms with Crippen LogP contribution >= 0.6 is 0 Å². The van der Waals surface area contributed by atoms with Crippen molar-refractivity contribution in [2.24, 2.45) is 32.5 Å². The van der Waals surface area contributed by atoms with Gasteiger partial charge in [0.05, 0.1) is 17.0 Å². The third-order valence-corrected chi connectivity index (χ3v) is 19.0. The molecule has 0 unspecified atom stereocenters. The van der Waals surface area contributed by atoms with E-state index in [0.717, 1.165) is 71.9 Å². The minimum Gasteiger partial charge on any atom is -0.872 e. The van der Waals surface area contributed by atoms with Gasteiger partial charge in [0.2, 0.25) is 0 Å². The SMILES string of the molecule is Cc1cc(-c2ccc(C(C)C)cc2-c2cc(C(F)(F)F)cc(-c3cc(C(C)C)ccc3-c3cc(C)cc(C45CC6(C)CC(C)(CC(C)(C6)C4)C5)c3[O-])n2)c([O-])c(C23CC4(C)CC(C)(CC(C)(C4)C2)C3)c1.[CH3-].[CH3-].[Zr+4]. The van der Waals surface area contributed by atoms with Crippen LogP contribution in [0.4, 0.5) is 13.2 Å². The van der Waals surface area contributed by atoms with E-state index in [1.54, 1.807) is 0 Å². The second-order valence-electron chi connectivity index (χ2n) is 28.0. The number of aromatic nitrogens is 1. The van der Waals surface area contributed by atoms with E-state index >= 15 is 23.4 Å². The van der Waals surface area contributed by atoms with Crippen LogP contribution in [0.15, 0.2) is 72.8 Å². The molecule has 1 heterocycles. The van der Waals surface area contributed by atoms with Crippen LogP contribution in [0.2, 0.25) is 0 Å². The molecule has 0 saturated heterocycles. The normalized spacial score (nSPS) is 32.7. The van der Waals surface area contributed by atoms with E-state index in [1.807, 2.05) is 48.5 Å². The number of aryl methyl sites for hydroxylation is 2. The molecule has 7 heteroatoms. The number of hydrogen-bond acceptors (Lipinski definition) is 3. The van der Waals surface area contributed by atoms with Crippen LogP contribution in [-0.2, 0) is 43.2 Å². The molecule has 0 N–H and O–H groups in total. The van der Waals surface area contributed by atoms with E-state index in [9.17, 15) is 0 Å². The van der Waals surface area contributed by atoms with E-state index in [0.29, 0.717) is 33.4 Å². The number of halogens is 3. The molecule has 8 saturated carbocycles. The largest absolute Gasteiger partial charge is 4.00 e. The van der Waals surface area contributed by atoms with Gasteiger partial charge in [-0.1, -0.05) is 140 Å². The number of rotatable bonds is 8. The van der Waals surface area contributed by atoms with Gasteiger partial charge in [-0.25, -0.2) is 4.98 Å². The van der Waals surface area contributed by atoms with E-state index in [2.05, 4.69) is 95.2 Å².